The van der Waals surface area contributed by atoms with Gasteiger partial charge in [0, 0.05) is 13.2 Å². The van der Waals surface area contributed by atoms with E-state index in [0.717, 1.165) is 11.0 Å². The minimum atomic E-state index is -0.338. The number of fused-ring (bicyclic) bond motifs is 1. The molecular weight excluding hydrogens is 208 g/mol. The Balaban J connectivity index is 2.27. The maximum Gasteiger partial charge on any atom is 0.325 e. The number of hydrogen-bond acceptors (Lipinski definition) is 5. The van der Waals surface area contributed by atoms with Crippen molar-refractivity contribution in [1.82, 2.24) is 14.5 Å². The molecule has 0 fully saturated rings. The van der Waals surface area contributed by atoms with Gasteiger partial charge in [0.1, 0.15) is 12.1 Å². The van der Waals surface area contributed by atoms with E-state index in [9.17, 15) is 4.79 Å². The van der Waals surface area contributed by atoms with Gasteiger partial charge < -0.3 is 14.6 Å². The van der Waals surface area contributed by atoms with Crippen LogP contribution in [0.1, 0.15) is 0 Å². The highest BCUT2D eigenvalue weighted by molar-refractivity contribution is 5.87. The Kier molecular flexibility index (Phi) is 2.72. The third kappa shape index (κ3) is 1.81. The first kappa shape index (κ1) is 10.4. The summed E-state index contributed by atoms with van der Waals surface area (Å²) in [5.41, 5.74) is 1.70. The molecule has 2 aromatic rings. The van der Waals surface area contributed by atoms with Crippen molar-refractivity contribution < 1.29 is 9.53 Å². The van der Waals surface area contributed by atoms with Gasteiger partial charge in [-0.3, -0.25) is 4.79 Å². The van der Waals surface area contributed by atoms with Gasteiger partial charge >= 0.3 is 5.97 Å². The summed E-state index contributed by atoms with van der Waals surface area (Å²) in [6.45, 7) is 0.0825. The third-order valence-electron chi connectivity index (χ3n) is 2.27. The summed E-state index contributed by atoms with van der Waals surface area (Å²) in [7, 11) is 3.25. The highest BCUT2D eigenvalue weighted by Crippen LogP contribution is 2.17. The molecule has 0 aromatic carbocycles. The molecule has 0 aliphatic rings. The van der Waals surface area contributed by atoms with Crippen molar-refractivity contribution in [2.24, 2.45) is 7.05 Å². The summed E-state index contributed by atoms with van der Waals surface area (Å²) in [6.07, 6.45) is 3.37. The van der Waals surface area contributed by atoms with E-state index in [1.165, 1.54) is 7.11 Å². The smallest absolute Gasteiger partial charge is 0.325 e. The van der Waals surface area contributed by atoms with Crippen molar-refractivity contribution in [3.63, 3.8) is 0 Å². The maximum atomic E-state index is 11.0. The minimum absolute atomic E-state index is 0.0825. The number of pyridine rings is 1. The van der Waals surface area contributed by atoms with E-state index in [2.05, 4.69) is 20.0 Å². The summed E-state index contributed by atoms with van der Waals surface area (Å²) < 4.78 is 6.42. The molecule has 2 aromatic heterocycles. The van der Waals surface area contributed by atoms with Crippen molar-refractivity contribution >= 4 is 22.8 Å². The number of rotatable bonds is 3. The van der Waals surface area contributed by atoms with Gasteiger partial charge in [-0.2, -0.15) is 0 Å². The highest BCUT2D eigenvalue weighted by Gasteiger charge is 2.07. The van der Waals surface area contributed by atoms with E-state index < -0.39 is 0 Å². The van der Waals surface area contributed by atoms with Crippen LogP contribution in [0, 0.1) is 0 Å². The molecule has 2 heterocycles. The lowest BCUT2D eigenvalue weighted by atomic mass is 10.4. The fourth-order valence-corrected chi connectivity index (χ4v) is 1.42. The molecule has 0 bridgehead atoms. The average Bonchev–Trinajstić information content (AvgIpc) is 2.69. The number of aryl methyl sites for hydroxylation is 1. The van der Waals surface area contributed by atoms with Gasteiger partial charge in [0.15, 0.2) is 5.82 Å². The van der Waals surface area contributed by atoms with E-state index in [-0.39, 0.29) is 12.5 Å². The van der Waals surface area contributed by atoms with Crippen molar-refractivity contribution in [3.05, 3.63) is 18.6 Å². The molecule has 6 heteroatoms. The summed E-state index contributed by atoms with van der Waals surface area (Å²) in [5.74, 6) is 0.248. The molecule has 0 aliphatic heterocycles. The fraction of sp³-hybridized carbons (Fsp3) is 0.300. The molecule has 16 heavy (non-hydrogen) atoms. The van der Waals surface area contributed by atoms with E-state index >= 15 is 0 Å². The van der Waals surface area contributed by atoms with Crippen molar-refractivity contribution in [3.8, 4) is 0 Å². The number of nitrogens with zero attached hydrogens (tertiary/aromatic N) is 3. The van der Waals surface area contributed by atoms with Crippen LogP contribution >= 0.6 is 0 Å². The second kappa shape index (κ2) is 4.18. The molecule has 0 spiro atoms. The number of anilines is 1. The van der Waals surface area contributed by atoms with Crippen LogP contribution in [-0.2, 0) is 16.6 Å². The number of ether oxygens (including phenoxy) is 1. The van der Waals surface area contributed by atoms with Gasteiger partial charge in [0.2, 0.25) is 0 Å². The molecule has 6 nitrogen and oxygen atoms in total. The second-order valence-electron chi connectivity index (χ2n) is 3.31. The zero-order chi connectivity index (χ0) is 11.5. The molecule has 84 valence electrons. The Bertz CT molecular complexity index is 521. The third-order valence-corrected chi connectivity index (χ3v) is 2.27. The minimum Gasteiger partial charge on any atom is -0.468 e. The Morgan fingerprint density at radius 3 is 3.12 bits per heavy atom. The number of methoxy groups -OCH3 is 1. The second-order valence-corrected chi connectivity index (χ2v) is 3.31. The van der Waals surface area contributed by atoms with Crippen LogP contribution in [0.15, 0.2) is 18.6 Å². The quantitative estimate of drug-likeness (QED) is 0.765. The van der Waals surface area contributed by atoms with Crippen LogP contribution in [0.5, 0.6) is 0 Å². The van der Waals surface area contributed by atoms with Crippen LogP contribution in [0.2, 0.25) is 0 Å². The molecule has 0 radical (unpaired) electrons. The fourth-order valence-electron chi connectivity index (χ4n) is 1.42. The van der Waals surface area contributed by atoms with Crippen molar-refractivity contribution in [2.75, 3.05) is 19.0 Å². The van der Waals surface area contributed by atoms with E-state index in [1.807, 2.05) is 17.7 Å². The lowest BCUT2D eigenvalue weighted by Gasteiger charge is -2.04. The molecule has 0 aliphatic carbocycles. The van der Waals surface area contributed by atoms with Gasteiger partial charge in [-0.05, 0) is 6.07 Å². The van der Waals surface area contributed by atoms with Gasteiger partial charge in [0.25, 0.3) is 0 Å². The summed E-state index contributed by atoms with van der Waals surface area (Å²) >= 11 is 0. The molecule has 0 saturated heterocycles. The average molecular weight is 220 g/mol. The number of esters is 1. The largest absolute Gasteiger partial charge is 0.468 e. The van der Waals surface area contributed by atoms with E-state index in [1.54, 1.807) is 12.5 Å². The number of carbonyl (C=O) groups is 1. The number of hydrogen-bond donors (Lipinski definition) is 1. The number of aromatic nitrogens is 3. The van der Waals surface area contributed by atoms with Crippen molar-refractivity contribution in [2.45, 2.75) is 0 Å². The molecular formula is C10H12N4O2. The number of imidazole rings is 1. The van der Waals surface area contributed by atoms with Gasteiger partial charge in [-0.25, -0.2) is 9.97 Å². The Morgan fingerprint density at radius 2 is 2.38 bits per heavy atom. The summed E-state index contributed by atoms with van der Waals surface area (Å²) in [6, 6.07) is 1.87. The van der Waals surface area contributed by atoms with Crippen LogP contribution < -0.4 is 5.32 Å². The molecule has 0 atom stereocenters. The predicted octanol–water partition coefficient (Wildman–Crippen LogP) is 0.553. The lowest BCUT2D eigenvalue weighted by Crippen LogP contribution is -2.15. The van der Waals surface area contributed by atoms with Crippen LogP contribution in [-0.4, -0.2) is 34.2 Å². The Hall–Kier alpha value is -2.11. The Morgan fingerprint density at radius 1 is 1.56 bits per heavy atom. The van der Waals surface area contributed by atoms with Gasteiger partial charge in [0.05, 0.1) is 19.0 Å². The van der Waals surface area contributed by atoms with Gasteiger partial charge in [-0.1, -0.05) is 0 Å². The first-order valence-corrected chi connectivity index (χ1v) is 4.79. The van der Waals surface area contributed by atoms with E-state index in [0.29, 0.717) is 5.82 Å². The number of nitrogens with one attached hydrogen (secondary N) is 1. The predicted molar refractivity (Wildman–Crippen MR) is 59.0 cm³/mol. The summed E-state index contributed by atoms with van der Waals surface area (Å²) in [4.78, 5) is 19.3. The molecule has 0 amide bonds. The highest BCUT2D eigenvalue weighted by atomic mass is 16.5. The van der Waals surface area contributed by atoms with Crippen molar-refractivity contribution in [1.29, 1.82) is 0 Å². The van der Waals surface area contributed by atoms with Crippen LogP contribution in [0.25, 0.3) is 11.0 Å². The molecule has 1 N–H and O–H groups in total. The number of carbonyl (C=O) groups excluding carboxylic acids is 1. The maximum absolute atomic E-state index is 11.0. The van der Waals surface area contributed by atoms with Crippen LogP contribution in [0.4, 0.5) is 5.82 Å². The lowest BCUT2D eigenvalue weighted by molar-refractivity contribution is -0.138. The molecule has 0 saturated carbocycles. The monoisotopic (exact) mass is 220 g/mol. The SMILES string of the molecule is COC(=O)CNc1nccc2c1ncn2C. The van der Waals surface area contributed by atoms with Crippen LogP contribution in [0.3, 0.4) is 0 Å². The summed E-state index contributed by atoms with van der Waals surface area (Å²) in [5, 5.41) is 2.89. The zero-order valence-corrected chi connectivity index (χ0v) is 9.10. The zero-order valence-electron chi connectivity index (χ0n) is 9.10. The normalized spacial score (nSPS) is 10.4. The van der Waals surface area contributed by atoms with E-state index in [4.69, 9.17) is 0 Å². The molecule has 0 unspecified atom stereocenters. The standard InChI is InChI=1S/C10H12N4O2/c1-14-6-13-9-7(14)3-4-11-10(9)12-5-8(15)16-2/h3-4,6H,5H2,1-2H3,(H,11,12). The molecule has 2 rings (SSSR count). The topological polar surface area (TPSA) is 69.0 Å². The first-order chi connectivity index (χ1) is 7.72. The Labute approximate surface area is 92.3 Å². The van der Waals surface area contributed by atoms with Gasteiger partial charge in [-0.15, -0.1) is 0 Å². The first-order valence-electron chi connectivity index (χ1n) is 4.79.